The Bertz CT molecular complexity index is 1370. The van der Waals surface area contributed by atoms with Crippen molar-refractivity contribution in [2.24, 2.45) is 0 Å². The van der Waals surface area contributed by atoms with Crippen molar-refractivity contribution in [1.29, 1.82) is 0 Å². The summed E-state index contributed by atoms with van der Waals surface area (Å²) < 4.78 is 10.8. The van der Waals surface area contributed by atoms with Crippen molar-refractivity contribution in [3.63, 3.8) is 0 Å². The van der Waals surface area contributed by atoms with E-state index in [0.717, 1.165) is 38.3 Å². The van der Waals surface area contributed by atoms with E-state index in [0.29, 0.717) is 34.2 Å². The molecular formula is C27H29N7O2. The molecule has 1 aliphatic rings. The van der Waals surface area contributed by atoms with Gasteiger partial charge in [-0.2, -0.15) is 9.97 Å². The smallest absolute Gasteiger partial charge is 0.224 e. The molecule has 5 rings (SSSR count). The summed E-state index contributed by atoms with van der Waals surface area (Å²) in [5, 5.41) is 0. The zero-order valence-electron chi connectivity index (χ0n) is 20.5. The zero-order valence-corrected chi connectivity index (χ0v) is 20.5. The Hall–Kier alpha value is -4.24. The van der Waals surface area contributed by atoms with Crippen LogP contribution in [0.25, 0.3) is 28.5 Å². The van der Waals surface area contributed by atoms with E-state index in [-0.39, 0.29) is 5.95 Å². The molecule has 0 unspecified atom stereocenters. The van der Waals surface area contributed by atoms with Gasteiger partial charge in [0.05, 0.1) is 26.1 Å². The second kappa shape index (κ2) is 10.6. The van der Waals surface area contributed by atoms with Gasteiger partial charge in [0, 0.05) is 38.3 Å². The van der Waals surface area contributed by atoms with Crippen molar-refractivity contribution < 1.29 is 9.47 Å². The standard InChI is InChI=1S/C27H29N7O2/c1-35-22-11-10-20(17-23(22)36-2)21-18-29-25-24(30-21)26(32-27(28)31-25)34-15-13-33(14-16-34)12-6-9-19-7-4-3-5-8-19/h3-11,17-18H,12-16H2,1-2H3,(H2,28,29,31,32)/b9-6+. The van der Waals surface area contributed by atoms with Crippen LogP contribution >= 0.6 is 0 Å². The molecule has 9 heteroatoms. The topological polar surface area (TPSA) is 103 Å². The average Bonchev–Trinajstić information content (AvgIpc) is 2.93. The van der Waals surface area contributed by atoms with E-state index in [9.17, 15) is 0 Å². The van der Waals surface area contributed by atoms with Crippen molar-refractivity contribution in [2.75, 3.05) is 57.6 Å². The van der Waals surface area contributed by atoms with E-state index in [2.05, 4.69) is 61.2 Å². The number of nitrogen functional groups attached to an aromatic ring is 1. The van der Waals surface area contributed by atoms with Gasteiger partial charge in [0.15, 0.2) is 28.5 Å². The number of fused-ring (bicyclic) bond motifs is 1. The van der Waals surface area contributed by atoms with Gasteiger partial charge >= 0.3 is 0 Å². The van der Waals surface area contributed by atoms with E-state index < -0.39 is 0 Å². The molecule has 3 heterocycles. The number of piperazine rings is 1. The number of nitrogens with two attached hydrogens (primary N) is 1. The summed E-state index contributed by atoms with van der Waals surface area (Å²) in [5.74, 6) is 2.19. The summed E-state index contributed by atoms with van der Waals surface area (Å²) in [5.41, 5.74) is 9.92. The second-order valence-electron chi connectivity index (χ2n) is 8.50. The Morgan fingerprint density at radius 2 is 1.69 bits per heavy atom. The van der Waals surface area contributed by atoms with Crippen LogP contribution in [0.15, 0.2) is 60.8 Å². The molecule has 2 aromatic carbocycles. The van der Waals surface area contributed by atoms with Crippen LogP contribution in [0.3, 0.4) is 0 Å². The van der Waals surface area contributed by atoms with Gasteiger partial charge in [0.25, 0.3) is 0 Å². The number of aromatic nitrogens is 4. The van der Waals surface area contributed by atoms with Crippen molar-refractivity contribution in [3.05, 3.63) is 66.4 Å². The molecular weight excluding hydrogens is 454 g/mol. The predicted octanol–water partition coefficient (Wildman–Crippen LogP) is 3.52. The molecule has 1 saturated heterocycles. The third-order valence-electron chi connectivity index (χ3n) is 6.23. The summed E-state index contributed by atoms with van der Waals surface area (Å²) in [7, 11) is 3.22. The first kappa shape index (κ1) is 23.5. The maximum absolute atomic E-state index is 6.03. The summed E-state index contributed by atoms with van der Waals surface area (Å²) >= 11 is 0. The van der Waals surface area contributed by atoms with Crippen LogP contribution in [0.2, 0.25) is 0 Å². The second-order valence-corrected chi connectivity index (χ2v) is 8.50. The normalized spacial score (nSPS) is 14.4. The molecule has 36 heavy (non-hydrogen) atoms. The fourth-order valence-electron chi connectivity index (χ4n) is 4.31. The summed E-state index contributed by atoms with van der Waals surface area (Å²) in [6, 6.07) is 16.0. The molecule has 184 valence electrons. The number of benzene rings is 2. The van der Waals surface area contributed by atoms with Crippen molar-refractivity contribution in [1.82, 2.24) is 24.8 Å². The Morgan fingerprint density at radius 1 is 0.917 bits per heavy atom. The van der Waals surface area contributed by atoms with Crippen molar-refractivity contribution >= 4 is 29.0 Å². The van der Waals surface area contributed by atoms with E-state index in [1.807, 2.05) is 24.3 Å². The van der Waals surface area contributed by atoms with Gasteiger partial charge in [-0.3, -0.25) is 4.90 Å². The molecule has 1 aliphatic heterocycles. The van der Waals surface area contributed by atoms with Crippen molar-refractivity contribution in [3.8, 4) is 22.8 Å². The quantitative estimate of drug-likeness (QED) is 0.423. The lowest BCUT2D eigenvalue weighted by molar-refractivity contribution is 0.284. The lowest BCUT2D eigenvalue weighted by atomic mass is 10.1. The third kappa shape index (κ3) is 5.06. The SMILES string of the molecule is COc1ccc(-c2cnc3nc(N)nc(N4CCN(C/C=C/c5ccccc5)CC4)c3n2)cc1OC. The number of hydrogen-bond acceptors (Lipinski definition) is 9. The first-order chi connectivity index (χ1) is 17.6. The number of ether oxygens (including phenoxy) is 2. The fraction of sp³-hybridized carbons (Fsp3) is 0.259. The van der Waals surface area contributed by atoms with Gasteiger partial charge in [-0.05, 0) is 23.8 Å². The Balaban J connectivity index is 1.35. The van der Waals surface area contributed by atoms with E-state index in [1.54, 1.807) is 20.4 Å². The molecule has 0 bridgehead atoms. The molecule has 0 atom stereocenters. The van der Waals surface area contributed by atoms with Gasteiger partial charge in [-0.15, -0.1) is 0 Å². The van der Waals surface area contributed by atoms with Gasteiger partial charge in [0.1, 0.15) is 0 Å². The Kier molecular flexibility index (Phi) is 6.90. The lowest BCUT2D eigenvalue weighted by Crippen LogP contribution is -2.46. The summed E-state index contributed by atoms with van der Waals surface area (Å²) in [4.78, 5) is 22.9. The molecule has 0 saturated carbocycles. The molecule has 2 aromatic heterocycles. The van der Waals surface area contributed by atoms with Gasteiger partial charge in [-0.25, -0.2) is 9.97 Å². The average molecular weight is 484 g/mol. The number of anilines is 2. The number of hydrogen-bond donors (Lipinski definition) is 1. The summed E-state index contributed by atoms with van der Waals surface area (Å²) in [6.45, 7) is 4.35. The fourth-order valence-corrected chi connectivity index (χ4v) is 4.31. The highest BCUT2D eigenvalue weighted by atomic mass is 16.5. The Morgan fingerprint density at radius 3 is 2.44 bits per heavy atom. The largest absolute Gasteiger partial charge is 0.493 e. The highest BCUT2D eigenvalue weighted by Gasteiger charge is 2.22. The van der Waals surface area contributed by atoms with Crippen LogP contribution in [0, 0.1) is 0 Å². The molecule has 0 amide bonds. The lowest BCUT2D eigenvalue weighted by Gasteiger charge is -2.35. The molecule has 2 N–H and O–H groups in total. The van der Waals surface area contributed by atoms with Crippen LogP contribution < -0.4 is 20.1 Å². The zero-order chi connectivity index (χ0) is 24.9. The molecule has 0 radical (unpaired) electrons. The minimum absolute atomic E-state index is 0.193. The van der Waals surface area contributed by atoms with E-state index in [1.165, 1.54) is 5.56 Å². The third-order valence-corrected chi connectivity index (χ3v) is 6.23. The highest BCUT2D eigenvalue weighted by Crippen LogP contribution is 2.32. The van der Waals surface area contributed by atoms with Gasteiger partial charge in [0.2, 0.25) is 5.95 Å². The summed E-state index contributed by atoms with van der Waals surface area (Å²) in [6.07, 6.45) is 6.07. The monoisotopic (exact) mass is 483 g/mol. The first-order valence-corrected chi connectivity index (χ1v) is 11.9. The number of methoxy groups -OCH3 is 2. The van der Waals surface area contributed by atoms with Crippen LogP contribution in [-0.4, -0.2) is 71.8 Å². The minimum Gasteiger partial charge on any atom is -0.493 e. The van der Waals surface area contributed by atoms with Crippen molar-refractivity contribution in [2.45, 2.75) is 0 Å². The van der Waals surface area contributed by atoms with Crippen LogP contribution in [0.5, 0.6) is 11.5 Å². The van der Waals surface area contributed by atoms with Gasteiger partial charge < -0.3 is 20.1 Å². The maximum atomic E-state index is 6.03. The van der Waals surface area contributed by atoms with Crippen LogP contribution in [0.1, 0.15) is 5.56 Å². The molecule has 9 nitrogen and oxygen atoms in total. The van der Waals surface area contributed by atoms with Crippen LogP contribution in [0.4, 0.5) is 11.8 Å². The number of nitrogens with zero attached hydrogens (tertiary/aromatic N) is 6. The molecule has 1 fully saturated rings. The molecule has 4 aromatic rings. The predicted molar refractivity (Wildman–Crippen MR) is 142 cm³/mol. The first-order valence-electron chi connectivity index (χ1n) is 11.9. The Labute approximate surface area is 210 Å². The maximum Gasteiger partial charge on any atom is 0.224 e. The van der Waals surface area contributed by atoms with Gasteiger partial charge in [-0.1, -0.05) is 42.5 Å². The number of rotatable bonds is 7. The van der Waals surface area contributed by atoms with Crippen LogP contribution in [-0.2, 0) is 0 Å². The molecule has 0 spiro atoms. The minimum atomic E-state index is 0.193. The highest BCUT2D eigenvalue weighted by molar-refractivity contribution is 5.86. The molecule has 0 aliphatic carbocycles. The van der Waals surface area contributed by atoms with E-state index >= 15 is 0 Å². The van der Waals surface area contributed by atoms with E-state index in [4.69, 9.17) is 20.2 Å².